The molecular formula is C34H46N6O8. The molecule has 0 aliphatic carbocycles. The zero-order valence-electron chi connectivity index (χ0n) is 27.9. The Morgan fingerprint density at radius 3 is 1.56 bits per heavy atom. The number of carbonyl (C=O) groups excluding carboxylic acids is 6. The maximum absolute atomic E-state index is 13.9. The monoisotopic (exact) mass is 666 g/mol. The number of primary amides is 1. The highest BCUT2D eigenvalue weighted by atomic mass is 16.4. The van der Waals surface area contributed by atoms with Gasteiger partial charge in [-0.1, -0.05) is 74.5 Å². The second-order valence-electron chi connectivity index (χ2n) is 12.5. The van der Waals surface area contributed by atoms with Crippen LogP contribution in [0.3, 0.4) is 0 Å². The van der Waals surface area contributed by atoms with E-state index >= 15 is 0 Å². The summed E-state index contributed by atoms with van der Waals surface area (Å²) in [6, 6.07) is 12.5. The van der Waals surface area contributed by atoms with Gasteiger partial charge in [-0.25, -0.2) is 0 Å². The van der Waals surface area contributed by atoms with Gasteiger partial charge in [0.1, 0.15) is 29.7 Å². The van der Waals surface area contributed by atoms with Gasteiger partial charge in [0.2, 0.25) is 35.4 Å². The van der Waals surface area contributed by atoms with Crippen LogP contribution in [0, 0.1) is 5.92 Å². The van der Waals surface area contributed by atoms with Crippen LogP contribution in [0.25, 0.3) is 0 Å². The predicted molar refractivity (Wildman–Crippen MR) is 177 cm³/mol. The van der Waals surface area contributed by atoms with E-state index in [-0.39, 0.29) is 18.8 Å². The number of carboxylic acid groups (broad SMARTS) is 1. The van der Waals surface area contributed by atoms with Gasteiger partial charge in [0, 0.05) is 19.8 Å². The summed E-state index contributed by atoms with van der Waals surface area (Å²) in [5.74, 6) is -5.67. The molecule has 0 saturated heterocycles. The van der Waals surface area contributed by atoms with Crippen LogP contribution >= 0.6 is 0 Å². The highest BCUT2D eigenvalue weighted by Gasteiger charge is 2.36. The number of aliphatic carboxylic acids is 1. The summed E-state index contributed by atoms with van der Waals surface area (Å²) in [4.78, 5) is 88.9. The number of carboxylic acids is 1. The van der Waals surface area contributed by atoms with E-state index in [0.29, 0.717) is 17.5 Å². The van der Waals surface area contributed by atoms with Crippen LogP contribution in [0.5, 0.6) is 0 Å². The summed E-state index contributed by atoms with van der Waals surface area (Å²) in [5, 5.41) is 22.1. The molecule has 6 amide bonds. The van der Waals surface area contributed by atoms with Gasteiger partial charge in [-0.3, -0.25) is 33.6 Å². The van der Waals surface area contributed by atoms with Gasteiger partial charge in [-0.05, 0) is 37.3 Å². The van der Waals surface area contributed by atoms with Crippen molar-refractivity contribution in [1.29, 1.82) is 0 Å². The van der Waals surface area contributed by atoms with Crippen LogP contribution in [0.15, 0.2) is 60.7 Å². The fourth-order valence-electron chi connectivity index (χ4n) is 4.80. The highest BCUT2D eigenvalue weighted by Crippen LogP contribution is 2.12. The van der Waals surface area contributed by atoms with E-state index in [1.54, 1.807) is 60.7 Å². The third-order valence-corrected chi connectivity index (χ3v) is 7.26. The lowest BCUT2D eigenvalue weighted by atomic mass is 9.98. The molecule has 0 aromatic heterocycles. The highest BCUT2D eigenvalue weighted by molar-refractivity contribution is 5.98. The summed E-state index contributed by atoms with van der Waals surface area (Å²) in [5.41, 5.74) is 5.11. The summed E-state index contributed by atoms with van der Waals surface area (Å²) in [7, 11) is 0. The molecule has 2 aromatic rings. The third-order valence-electron chi connectivity index (χ3n) is 7.26. The Labute approximate surface area is 280 Å². The Morgan fingerprint density at radius 2 is 1.15 bits per heavy atom. The Morgan fingerprint density at radius 1 is 0.688 bits per heavy atom. The largest absolute Gasteiger partial charge is 0.481 e. The number of nitrogens with two attached hydrogens (primary N) is 1. The van der Waals surface area contributed by atoms with E-state index in [9.17, 15) is 38.7 Å². The van der Waals surface area contributed by atoms with Crippen LogP contribution in [0.4, 0.5) is 0 Å². The van der Waals surface area contributed by atoms with Crippen molar-refractivity contribution in [3.05, 3.63) is 71.8 Å². The van der Waals surface area contributed by atoms with Crippen LogP contribution in [0.1, 0.15) is 58.6 Å². The Balaban J connectivity index is 2.36. The molecule has 0 fully saturated rings. The standard InChI is InChI=1S/C34H46N6O8/c1-20(2)16-25(36-21(3)41)32(47)40-34(4,5)33(48)39-27(18-23-14-10-7-11-15-23)31(46)38-26(17-22-12-8-6-9-13-22)30(45)37-24(29(35)44)19-28(42)43/h6-15,20,24-27H,16-19H2,1-5H3,(H2,35,44)(H,36,41)(H,37,45)(H,38,46)(H,39,48)(H,40,47)(H,42,43)/t24-,25-,26+,27-/m0/s1. The number of nitrogens with one attached hydrogen (secondary N) is 5. The number of benzene rings is 2. The molecule has 260 valence electrons. The van der Waals surface area contributed by atoms with Gasteiger partial charge in [-0.2, -0.15) is 0 Å². The van der Waals surface area contributed by atoms with Crippen molar-refractivity contribution in [2.24, 2.45) is 11.7 Å². The van der Waals surface area contributed by atoms with Gasteiger partial charge >= 0.3 is 5.97 Å². The predicted octanol–water partition coefficient (Wildman–Crippen LogP) is 0.332. The van der Waals surface area contributed by atoms with E-state index in [4.69, 9.17) is 5.73 Å². The minimum atomic E-state index is -1.54. The van der Waals surface area contributed by atoms with E-state index in [0.717, 1.165) is 0 Å². The molecule has 0 bridgehead atoms. The average molecular weight is 667 g/mol. The lowest BCUT2D eigenvalue weighted by molar-refractivity contribution is -0.140. The second-order valence-corrected chi connectivity index (χ2v) is 12.5. The van der Waals surface area contributed by atoms with Gasteiger partial charge in [0.05, 0.1) is 6.42 Å². The van der Waals surface area contributed by atoms with E-state index in [1.165, 1.54) is 20.8 Å². The molecular weight excluding hydrogens is 620 g/mol. The normalized spacial score (nSPS) is 13.6. The quantitative estimate of drug-likeness (QED) is 0.117. The Kier molecular flexibility index (Phi) is 14.7. The molecule has 0 aliphatic heterocycles. The molecule has 0 aliphatic rings. The third kappa shape index (κ3) is 13.2. The zero-order chi connectivity index (χ0) is 36.0. The van der Waals surface area contributed by atoms with Gasteiger partial charge in [0.15, 0.2) is 0 Å². The first-order chi connectivity index (χ1) is 22.5. The van der Waals surface area contributed by atoms with Crippen molar-refractivity contribution in [3.8, 4) is 0 Å². The number of hydrogen-bond acceptors (Lipinski definition) is 7. The number of amides is 6. The fourth-order valence-corrected chi connectivity index (χ4v) is 4.80. The smallest absolute Gasteiger partial charge is 0.305 e. The van der Waals surface area contributed by atoms with Crippen LogP contribution in [-0.2, 0) is 46.4 Å². The molecule has 4 atom stereocenters. The average Bonchev–Trinajstić information content (AvgIpc) is 2.99. The van der Waals surface area contributed by atoms with E-state index in [2.05, 4.69) is 26.6 Å². The maximum atomic E-state index is 13.9. The summed E-state index contributed by atoms with van der Waals surface area (Å²) >= 11 is 0. The van der Waals surface area contributed by atoms with Gasteiger partial charge in [-0.15, -0.1) is 0 Å². The molecule has 0 saturated carbocycles. The molecule has 2 rings (SSSR count). The zero-order valence-corrected chi connectivity index (χ0v) is 27.9. The van der Waals surface area contributed by atoms with E-state index in [1.807, 2.05) is 13.8 Å². The molecule has 0 radical (unpaired) electrons. The first-order valence-corrected chi connectivity index (χ1v) is 15.6. The van der Waals surface area contributed by atoms with Crippen molar-refractivity contribution in [3.63, 3.8) is 0 Å². The van der Waals surface area contributed by atoms with Crippen LogP contribution < -0.4 is 32.3 Å². The second kappa shape index (κ2) is 18.2. The minimum Gasteiger partial charge on any atom is -0.481 e. The molecule has 48 heavy (non-hydrogen) atoms. The maximum Gasteiger partial charge on any atom is 0.305 e. The number of rotatable bonds is 18. The van der Waals surface area contributed by atoms with Gasteiger partial charge in [0.25, 0.3) is 0 Å². The van der Waals surface area contributed by atoms with Crippen molar-refractivity contribution in [2.75, 3.05) is 0 Å². The van der Waals surface area contributed by atoms with Crippen LogP contribution in [-0.4, -0.2) is 76.2 Å². The van der Waals surface area contributed by atoms with Crippen LogP contribution in [0.2, 0.25) is 0 Å². The van der Waals surface area contributed by atoms with Crippen molar-refractivity contribution >= 4 is 41.4 Å². The molecule has 0 heterocycles. The van der Waals surface area contributed by atoms with Crippen molar-refractivity contribution in [2.45, 2.75) is 90.0 Å². The Bertz CT molecular complexity index is 1450. The molecule has 0 unspecified atom stereocenters. The molecule has 0 spiro atoms. The molecule has 2 aromatic carbocycles. The fraction of sp³-hybridized carbons (Fsp3) is 0.441. The van der Waals surface area contributed by atoms with E-state index < -0.39 is 77.5 Å². The van der Waals surface area contributed by atoms with Crippen molar-refractivity contribution < 1.29 is 38.7 Å². The lowest BCUT2D eigenvalue weighted by Gasteiger charge is -2.31. The lowest BCUT2D eigenvalue weighted by Crippen LogP contribution is -2.63. The summed E-state index contributed by atoms with van der Waals surface area (Å²) in [6.07, 6.45) is -0.464. The Hall–Kier alpha value is -5.27. The summed E-state index contributed by atoms with van der Waals surface area (Å²) in [6.45, 7) is 7.97. The molecule has 14 heteroatoms. The number of hydrogen-bond donors (Lipinski definition) is 7. The number of carbonyl (C=O) groups is 7. The molecule has 8 N–H and O–H groups in total. The SMILES string of the molecule is CC(=O)N[C@@H](CC(C)C)C(=O)NC(C)(C)C(=O)N[C@@H](Cc1ccccc1)C(=O)N[C@H](Cc1ccccc1)C(=O)N[C@@H](CC(=O)O)C(N)=O. The van der Waals surface area contributed by atoms with Crippen molar-refractivity contribution in [1.82, 2.24) is 26.6 Å². The summed E-state index contributed by atoms with van der Waals surface area (Å²) < 4.78 is 0. The first-order valence-electron chi connectivity index (χ1n) is 15.6. The molecule has 14 nitrogen and oxygen atoms in total. The minimum absolute atomic E-state index is 0.00685. The first kappa shape index (κ1) is 38.9. The van der Waals surface area contributed by atoms with Gasteiger partial charge < -0.3 is 37.4 Å². The topological polar surface area (TPSA) is 226 Å².